The molecule has 1 heterocycles. The number of nitrogens with one attached hydrogen (secondary N) is 1. The van der Waals surface area contributed by atoms with Crippen LogP contribution in [0, 0.1) is 5.41 Å². The Bertz CT molecular complexity index is 274. The predicted octanol–water partition coefficient (Wildman–Crippen LogP) is 2.14. The third-order valence-corrected chi connectivity index (χ3v) is 3.98. The third-order valence-electron chi connectivity index (χ3n) is 3.98. The van der Waals surface area contributed by atoms with Crippen LogP contribution >= 0.6 is 0 Å². The highest BCUT2D eigenvalue weighted by Gasteiger charge is 2.37. The van der Waals surface area contributed by atoms with E-state index < -0.39 is 0 Å². The van der Waals surface area contributed by atoms with Gasteiger partial charge in [-0.1, -0.05) is 20.8 Å². The summed E-state index contributed by atoms with van der Waals surface area (Å²) in [6.07, 6.45) is 1.09. The summed E-state index contributed by atoms with van der Waals surface area (Å²) in [4.78, 5) is 2.64. The predicted molar refractivity (Wildman–Crippen MR) is 84.2 cm³/mol. The molecule has 1 N–H and O–H groups in total. The monoisotopic (exact) mass is 286 g/mol. The molecule has 0 aromatic carbocycles. The van der Waals surface area contributed by atoms with E-state index in [0.717, 1.165) is 32.7 Å². The molecule has 1 aliphatic rings. The lowest BCUT2D eigenvalue weighted by Crippen LogP contribution is -2.64. The highest BCUT2D eigenvalue weighted by atomic mass is 16.5. The minimum Gasteiger partial charge on any atom is -0.382 e. The van der Waals surface area contributed by atoms with Crippen LogP contribution in [-0.2, 0) is 9.47 Å². The first-order valence-electron chi connectivity index (χ1n) is 7.82. The van der Waals surface area contributed by atoms with Crippen LogP contribution in [0.1, 0.15) is 41.0 Å². The Morgan fingerprint density at radius 3 is 2.50 bits per heavy atom. The van der Waals surface area contributed by atoms with E-state index >= 15 is 0 Å². The number of ether oxygens (including phenoxy) is 2. The van der Waals surface area contributed by atoms with Gasteiger partial charge in [-0.3, -0.25) is 4.90 Å². The molecule has 1 saturated heterocycles. The Balaban J connectivity index is 2.40. The standard InChI is InChI=1S/C16H34N2O2/c1-15(2,3)14-12-17-16(4,5)13-18(14)8-7-9-20-11-10-19-6/h14,17H,7-13H2,1-6H3. The summed E-state index contributed by atoms with van der Waals surface area (Å²) < 4.78 is 10.6. The molecule has 0 spiro atoms. The smallest absolute Gasteiger partial charge is 0.0700 e. The van der Waals surface area contributed by atoms with Crippen LogP contribution in [0.5, 0.6) is 0 Å². The van der Waals surface area contributed by atoms with Gasteiger partial charge in [-0.05, 0) is 25.7 Å². The van der Waals surface area contributed by atoms with Crippen molar-refractivity contribution in [3.63, 3.8) is 0 Å². The topological polar surface area (TPSA) is 33.7 Å². The van der Waals surface area contributed by atoms with Crippen molar-refractivity contribution in [1.82, 2.24) is 10.2 Å². The summed E-state index contributed by atoms with van der Waals surface area (Å²) in [7, 11) is 1.71. The molecule has 4 heteroatoms. The normalized spacial score (nSPS) is 24.0. The fraction of sp³-hybridized carbons (Fsp3) is 1.00. The number of hydrogen-bond acceptors (Lipinski definition) is 4. The first-order chi connectivity index (χ1) is 9.26. The summed E-state index contributed by atoms with van der Waals surface area (Å²) in [5.74, 6) is 0. The van der Waals surface area contributed by atoms with E-state index in [9.17, 15) is 0 Å². The lowest BCUT2D eigenvalue weighted by atomic mass is 9.82. The van der Waals surface area contributed by atoms with Crippen LogP contribution in [-0.4, -0.2) is 63.0 Å². The summed E-state index contributed by atoms with van der Waals surface area (Å²) in [5, 5.41) is 3.67. The summed E-state index contributed by atoms with van der Waals surface area (Å²) in [5.41, 5.74) is 0.513. The second-order valence-electron chi connectivity index (χ2n) is 7.58. The Kier molecular flexibility index (Phi) is 6.92. The molecule has 20 heavy (non-hydrogen) atoms. The van der Waals surface area contributed by atoms with Crippen LogP contribution in [0.2, 0.25) is 0 Å². The van der Waals surface area contributed by atoms with E-state index in [4.69, 9.17) is 9.47 Å². The van der Waals surface area contributed by atoms with Gasteiger partial charge in [-0.15, -0.1) is 0 Å². The minimum atomic E-state index is 0.207. The average Bonchev–Trinajstić information content (AvgIpc) is 2.31. The molecule has 1 atom stereocenters. The van der Waals surface area contributed by atoms with Crippen molar-refractivity contribution in [3.8, 4) is 0 Å². The van der Waals surface area contributed by atoms with Crippen molar-refractivity contribution in [2.24, 2.45) is 5.41 Å². The van der Waals surface area contributed by atoms with Gasteiger partial charge >= 0.3 is 0 Å². The third kappa shape index (κ3) is 6.08. The SMILES string of the molecule is COCCOCCCN1CC(C)(C)NCC1C(C)(C)C. The van der Waals surface area contributed by atoms with Crippen LogP contribution in [0.3, 0.4) is 0 Å². The second-order valence-corrected chi connectivity index (χ2v) is 7.58. The van der Waals surface area contributed by atoms with Crippen LogP contribution < -0.4 is 5.32 Å². The second kappa shape index (κ2) is 7.74. The molecule has 0 aromatic heterocycles. The summed E-state index contributed by atoms with van der Waals surface area (Å²) in [6, 6.07) is 0.592. The highest BCUT2D eigenvalue weighted by Crippen LogP contribution is 2.28. The van der Waals surface area contributed by atoms with Gasteiger partial charge in [0.15, 0.2) is 0 Å². The molecule has 1 aliphatic heterocycles. The zero-order chi connectivity index (χ0) is 15.2. The molecule has 0 radical (unpaired) electrons. The zero-order valence-electron chi connectivity index (χ0n) is 14.3. The fourth-order valence-corrected chi connectivity index (χ4v) is 2.88. The first kappa shape index (κ1) is 17.9. The molecule has 1 unspecified atom stereocenters. The van der Waals surface area contributed by atoms with Gasteiger partial charge in [0.2, 0.25) is 0 Å². The minimum absolute atomic E-state index is 0.207. The van der Waals surface area contributed by atoms with E-state index in [0.29, 0.717) is 24.7 Å². The van der Waals surface area contributed by atoms with Crippen LogP contribution in [0.15, 0.2) is 0 Å². The fourth-order valence-electron chi connectivity index (χ4n) is 2.88. The zero-order valence-corrected chi connectivity index (χ0v) is 14.3. The molecular weight excluding hydrogens is 252 g/mol. The Labute approximate surface area is 125 Å². The van der Waals surface area contributed by atoms with Gasteiger partial charge in [-0.2, -0.15) is 0 Å². The molecule has 0 saturated carbocycles. The van der Waals surface area contributed by atoms with E-state index in [1.165, 1.54) is 0 Å². The summed E-state index contributed by atoms with van der Waals surface area (Å²) in [6.45, 7) is 17.1. The lowest BCUT2D eigenvalue weighted by Gasteiger charge is -2.49. The summed E-state index contributed by atoms with van der Waals surface area (Å²) >= 11 is 0. The van der Waals surface area contributed by atoms with E-state index in [-0.39, 0.29) is 5.54 Å². The largest absolute Gasteiger partial charge is 0.382 e. The van der Waals surface area contributed by atoms with Gasteiger partial charge in [0.25, 0.3) is 0 Å². The molecule has 120 valence electrons. The van der Waals surface area contributed by atoms with Gasteiger partial charge in [0.05, 0.1) is 13.2 Å². The van der Waals surface area contributed by atoms with Crippen molar-refractivity contribution < 1.29 is 9.47 Å². The van der Waals surface area contributed by atoms with Crippen molar-refractivity contribution in [2.75, 3.05) is 46.6 Å². The number of rotatable bonds is 7. The van der Waals surface area contributed by atoms with E-state index in [2.05, 4.69) is 44.8 Å². The molecule has 1 rings (SSSR count). The molecule has 0 aromatic rings. The van der Waals surface area contributed by atoms with Gasteiger partial charge in [-0.25, -0.2) is 0 Å². The lowest BCUT2D eigenvalue weighted by molar-refractivity contribution is 0.0199. The number of hydrogen-bond donors (Lipinski definition) is 1. The van der Waals surface area contributed by atoms with E-state index in [1.54, 1.807) is 7.11 Å². The maximum absolute atomic E-state index is 5.57. The molecule has 0 aliphatic carbocycles. The maximum atomic E-state index is 5.57. The van der Waals surface area contributed by atoms with Crippen molar-refractivity contribution in [3.05, 3.63) is 0 Å². The van der Waals surface area contributed by atoms with Gasteiger partial charge in [0, 0.05) is 44.9 Å². The van der Waals surface area contributed by atoms with Crippen LogP contribution in [0.4, 0.5) is 0 Å². The van der Waals surface area contributed by atoms with Crippen LogP contribution in [0.25, 0.3) is 0 Å². The molecule has 0 amide bonds. The van der Waals surface area contributed by atoms with Gasteiger partial charge in [0.1, 0.15) is 0 Å². The van der Waals surface area contributed by atoms with Gasteiger partial charge < -0.3 is 14.8 Å². The maximum Gasteiger partial charge on any atom is 0.0700 e. The molecule has 1 fully saturated rings. The highest BCUT2D eigenvalue weighted by molar-refractivity contribution is 4.96. The van der Waals surface area contributed by atoms with E-state index in [1.807, 2.05) is 0 Å². The first-order valence-corrected chi connectivity index (χ1v) is 7.82. The average molecular weight is 286 g/mol. The Morgan fingerprint density at radius 2 is 1.90 bits per heavy atom. The van der Waals surface area contributed by atoms with Crippen molar-refractivity contribution >= 4 is 0 Å². The van der Waals surface area contributed by atoms with Crippen molar-refractivity contribution in [1.29, 1.82) is 0 Å². The number of nitrogens with zero attached hydrogens (tertiary/aromatic N) is 1. The van der Waals surface area contributed by atoms with Crippen molar-refractivity contribution in [2.45, 2.75) is 52.6 Å². The molecular formula is C16H34N2O2. The number of methoxy groups -OCH3 is 1. The Morgan fingerprint density at radius 1 is 1.20 bits per heavy atom. The quantitative estimate of drug-likeness (QED) is 0.727. The number of piperazine rings is 1. The molecule has 4 nitrogen and oxygen atoms in total. The Hall–Kier alpha value is -0.160. The molecule has 0 bridgehead atoms.